The van der Waals surface area contributed by atoms with Gasteiger partial charge < -0.3 is 14.6 Å². The van der Waals surface area contributed by atoms with Crippen molar-refractivity contribution in [1.82, 2.24) is 18.8 Å². The lowest BCUT2D eigenvalue weighted by Crippen LogP contribution is -2.40. The van der Waals surface area contributed by atoms with E-state index in [1.165, 1.54) is 17.5 Å². The number of amides is 1. The van der Waals surface area contributed by atoms with Crippen LogP contribution in [0.3, 0.4) is 0 Å². The van der Waals surface area contributed by atoms with Crippen LogP contribution in [0.25, 0.3) is 11.0 Å². The monoisotopic (exact) mass is 484 g/mol. The van der Waals surface area contributed by atoms with Gasteiger partial charge in [-0.05, 0) is 56.0 Å². The number of methoxy groups -OCH3 is 1. The molecule has 0 atom stereocenters. The fraction of sp³-hybridized carbons (Fsp3) is 0.417. The Kier molecular flexibility index (Phi) is 5.95. The number of nitrogens with one attached hydrogen (secondary N) is 1. The molecule has 9 nitrogen and oxygen atoms in total. The number of H-pyrrole nitrogens is 1. The molecular weight excluding hydrogens is 456 g/mol. The van der Waals surface area contributed by atoms with Gasteiger partial charge in [0.15, 0.2) is 0 Å². The van der Waals surface area contributed by atoms with Crippen LogP contribution in [0.1, 0.15) is 42.1 Å². The van der Waals surface area contributed by atoms with Crippen LogP contribution in [0.15, 0.2) is 52.2 Å². The second-order valence-electron chi connectivity index (χ2n) is 8.82. The molecule has 0 bridgehead atoms. The maximum absolute atomic E-state index is 13.3. The van der Waals surface area contributed by atoms with Crippen molar-refractivity contribution in [3.8, 4) is 5.75 Å². The van der Waals surface area contributed by atoms with Gasteiger partial charge in [-0.25, -0.2) is 13.2 Å². The Morgan fingerprint density at radius 1 is 1.03 bits per heavy atom. The largest absolute Gasteiger partial charge is 0.495 e. The van der Waals surface area contributed by atoms with Crippen LogP contribution in [-0.4, -0.2) is 66.4 Å². The standard InChI is InChI=1S/C24H28N4O5S/c1-33-21-9-8-17(16-22(21)34(31,32)27-12-4-5-13-27)23(29)26-14-10-18(11-15-26)28-20-7-3-2-6-19(20)25-24(28)30/h2-3,6-9,16,18H,4-5,10-15H2,1H3,(H,25,30). The Labute approximate surface area is 198 Å². The number of hydrogen-bond acceptors (Lipinski definition) is 5. The number of rotatable bonds is 5. The van der Waals surface area contributed by atoms with Gasteiger partial charge in [-0.1, -0.05) is 12.1 Å². The van der Waals surface area contributed by atoms with Gasteiger partial charge in [-0.15, -0.1) is 0 Å². The highest BCUT2D eigenvalue weighted by atomic mass is 32.2. The summed E-state index contributed by atoms with van der Waals surface area (Å²) in [5.74, 6) is 0.0196. The predicted molar refractivity (Wildman–Crippen MR) is 128 cm³/mol. The Morgan fingerprint density at radius 3 is 2.44 bits per heavy atom. The van der Waals surface area contributed by atoms with Crippen LogP contribution < -0.4 is 10.4 Å². The molecule has 3 heterocycles. The third-order valence-electron chi connectivity index (χ3n) is 6.83. The predicted octanol–water partition coefficient (Wildman–Crippen LogP) is 2.60. The fourth-order valence-corrected chi connectivity index (χ4v) is 6.72. The first-order valence-corrected chi connectivity index (χ1v) is 13.0. The van der Waals surface area contributed by atoms with Crippen molar-refractivity contribution in [2.45, 2.75) is 36.6 Å². The average Bonchev–Trinajstić information content (AvgIpc) is 3.51. The highest BCUT2D eigenvalue weighted by Crippen LogP contribution is 2.31. The minimum Gasteiger partial charge on any atom is -0.495 e. The van der Waals surface area contributed by atoms with E-state index in [-0.39, 0.29) is 28.3 Å². The molecule has 0 saturated carbocycles. The molecule has 180 valence electrons. The molecular formula is C24H28N4O5S. The quantitative estimate of drug-likeness (QED) is 0.599. The summed E-state index contributed by atoms with van der Waals surface area (Å²) in [7, 11) is -2.31. The number of aromatic amines is 1. The second kappa shape index (κ2) is 8.92. The molecule has 2 saturated heterocycles. The number of carbonyl (C=O) groups is 1. The molecule has 2 aromatic carbocycles. The smallest absolute Gasteiger partial charge is 0.326 e. The molecule has 0 radical (unpaired) electrons. The minimum atomic E-state index is -3.74. The third-order valence-corrected chi connectivity index (χ3v) is 8.75. The number of para-hydroxylation sites is 2. The van der Waals surface area contributed by atoms with E-state index >= 15 is 0 Å². The summed E-state index contributed by atoms with van der Waals surface area (Å²) in [5.41, 5.74) is 1.85. The number of carbonyl (C=O) groups excluding carboxylic acids is 1. The summed E-state index contributed by atoms with van der Waals surface area (Å²) < 4.78 is 34.9. The van der Waals surface area contributed by atoms with Gasteiger partial charge in [-0.2, -0.15) is 4.31 Å². The van der Waals surface area contributed by atoms with Gasteiger partial charge in [0.1, 0.15) is 10.6 Å². The number of likely N-dealkylation sites (tertiary alicyclic amines) is 1. The van der Waals surface area contributed by atoms with Crippen LogP contribution in [0, 0.1) is 0 Å². The first-order valence-electron chi connectivity index (χ1n) is 11.6. The normalized spacial score (nSPS) is 18.0. The van der Waals surface area contributed by atoms with E-state index in [2.05, 4.69) is 4.98 Å². The maximum atomic E-state index is 13.3. The summed E-state index contributed by atoms with van der Waals surface area (Å²) in [4.78, 5) is 30.5. The van der Waals surface area contributed by atoms with E-state index in [9.17, 15) is 18.0 Å². The van der Waals surface area contributed by atoms with Gasteiger partial charge in [0, 0.05) is 37.8 Å². The van der Waals surface area contributed by atoms with Crippen LogP contribution in [0.2, 0.25) is 0 Å². The molecule has 3 aromatic rings. The SMILES string of the molecule is COc1ccc(C(=O)N2CCC(n3c(=O)[nH]c4ccccc43)CC2)cc1S(=O)(=O)N1CCCC1. The number of nitrogens with zero attached hydrogens (tertiary/aromatic N) is 3. The fourth-order valence-electron chi connectivity index (χ4n) is 5.03. The molecule has 34 heavy (non-hydrogen) atoms. The molecule has 0 unspecified atom stereocenters. The van der Waals surface area contributed by atoms with Crippen molar-refractivity contribution < 1.29 is 17.9 Å². The zero-order valence-corrected chi connectivity index (χ0v) is 19.9. The molecule has 1 amide bonds. The lowest BCUT2D eigenvalue weighted by molar-refractivity contribution is 0.0694. The average molecular weight is 485 g/mol. The number of sulfonamides is 1. The van der Waals surface area contributed by atoms with Gasteiger partial charge in [0.25, 0.3) is 5.91 Å². The van der Waals surface area contributed by atoms with Crippen molar-refractivity contribution in [2.75, 3.05) is 33.3 Å². The summed E-state index contributed by atoms with van der Waals surface area (Å²) >= 11 is 0. The zero-order chi connectivity index (χ0) is 23.9. The third kappa shape index (κ3) is 3.90. The summed E-state index contributed by atoms with van der Waals surface area (Å²) in [6, 6.07) is 12.2. The van der Waals surface area contributed by atoms with Crippen molar-refractivity contribution in [2.24, 2.45) is 0 Å². The first-order chi connectivity index (χ1) is 16.4. The molecule has 1 N–H and O–H groups in total. The number of hydrogen-bond donors (Lipinski definition) is 1. The van der Waals surface area contributed by atoms with Gasteiger partial charge in [0.2, 0.25) is 10.0 Å². The maximum Gasteiger partial charge on any atom is 0.326 e. The Hall–Kier alpha value is -3.11. The number of piperidine rings is 1. The van der Waals surface area contributed by atoms with Crippen molar-refractivity contribution in [3.63, 3.8) is 0 Å². The van der Waals surface area contributed by atoms with E-state index in [1.54, 1.807) is 21.6 Å². The molecule has 0 aliphatic carbocycles. The first kappa shape index (κ1) is 22.7. The molecule has 2 aliphatic heterocycles. The highest BCUT2D eigenvalue weighted by molar-refractivity contribution is 7.89. The van der Waals surface area contributed by atoms with Gasteiger partial charge in [0.05, 0.1) is 18.1 Å². The Morgan fingerprint density at radius 2 is 1.74 bits per heavy atom. The number of aromatic nitrogens is 2. The highest BCUT2D eigenvalue weighted by Gasteiger charge is 2.32. The second-order valence-corrected chi connectivity index (χ2v) is 10.7. The Bertz CT molecular complexity index is 1380. The molecule has 1 aromatic heterocycles. The van der Waals surface area contributed by atoms with Crippen LogP contribution in [0.5, 0.6) is 5.75 Å². The van der Waals surface area contributed by atoms with E-state index < -0.39 is 10.0 Å². The van der Waals surface area contributed by atoms with Crippen molar-refractivity contribution in [3.05, 3.63) is 58.5 Å². The lowest BCUT2D eigenvalue weighted by Gasteiger charge is -2.32. The van der Waals surface area contributed by atoms with Gasteiger partial charge >= 0.3 is 5.69 Å². The molecule has 0 spiro atoms. The van der Waals surface area contributed by atoms with E-state index in [0.29, 0.717) is 44.6 Å². The zero-order valence-electron chi connectivity index (χ0n) is 19.1. The van der Waals surface area contributed by atoms with E-state index in [0.717, 1.165) is 23.9 Å². The van der Waals surface area contributed by atoms with Crippen LogP contribution >= 0.6 is 0 Å². The molecule has 5 rings (SSSR count). The lowest BCUT2D eigenvalue weighted by atomic mass is 10.0. The number of ether oxygens (including phenoxy) is 1. The number of imidazole rings is 1. The molecule has 2 fully saturated rings. The topological polar surface area (TPSA) is 105 Å². The van der Waals surface area contributed by atoms with Gasteiger partial charge in [-0.3, -0.25) is 9.36 Å². The van der Waals surface area contributed by atoms with E-state index in [4.69, 9.17) is 4.74 Å². The van der Waals surface area contributed by atoms with Crippen LogP contribution in [-0.2, 0) is 10.0 Å². The van der Waals surface area contributed by atoms with Crippen molar-refractivity contribution >= 4 is 27.0 Å². The van der Waals surface area contributed by atoms with Crippen molar-refractivity contribution in [1.29, 1.82) is 0 Å². The molecule has 10 heteroatoms. The number of benzene rings is 2. The van der Waals surface area contributed by atoms with Crippen LogP contribution in [0.4, 0.5) is 0 Å². The van der Waals surface area contributed by atoms with E-state index in [1.807, 2.05) is 24.3 Å². The number of fused-ring (bicyclic) bond motifs is 1. The minimum absolute atomic E-state index is 0.00493. The summed E-state index contributed by atoms with van der Waals surface area (Å²) in [5, 5.41) is 0. The summed E-state index contributed by atoms with van der Waals surface area (Å²) in [6.45, 7) is 1.92. The summed E-state index contributed by atoms with van der Waals surface area (Å²) in [6.07, 6.45) is 2.94. The Balaban J connectivity index is 1.36. The molecule has 2 aliphatic rings.